The minimum atomic E-state index is -0.586. The maximum Gasteiger partial charge on any atom is 0.0817 e. The van der Waals surface area contributed by atoms with E-state index in [9.17, 15) is 5.11 Å². The van der Waals surface area contributed by atoms with Gasteiger partial charge < -0.3 is 25.2 Å². The molecule has 5 heteroatoms. The number of nitrogens with zero attached hydrogens (tertiary/aromatic N) is 1. The van der Waals surface area contributed by atoms with Crippen LogP contribution in [0.5, 0.6) is 0 Å². The van der Waals surface area contributed by atoms with E-state index in [1.165, 1.54) is 0 Å². The Balaban J connectivity index is 2.25. The van der Waals surface area contributed by atoms with Crippen molar-refractivity contribution in [3.63, 3.8) is 0 Å². The largest absolute Gasteiger partial charge is 0.388 e. The zero-order valence-corrected chi connectivity index (χ0v) is 11.7. The molecule has 1 atom stereocenters. The molecule has 1 unspecified atom stereocenters. The van der Waals surface area contributed by atoms with E-state index in [0.29, 0.717) is 32.9 Å². The quantitative estimate of drug-likeness (QED) is 0.653. The van der Waals surface area contributed by atoms with Gasteiger partial charge in [-0.15, -0.1) is 0 Å². The van der Waals surface area contributed by atoms with E-state index in [-0.39, 0.29) is 6.10 Å². The van der Waals surface area contributed by atoms with Gasteiger partial charge in [-0.05, 0) is 20.4 Å². The van der Waals surface area contributed by atoms with Crippen molar-refractivity contribution in [2.75, 3.05) is 46.5 Å². The van der Waals surface area contributed by atoms with E-state index in [1.807, 2.05) is 14.0 Å². The van der Waals surface area contributed by atoms with E-state index in [0.717, 1.165) is 25.8 Å². The second-order valence-corrected chi connectivity index (χ2v) is 5.18. The van der Waals surface area contributed by atoms with Gasteiger partial charge in [0.2, 0.25) is 0 Å². The summed E-state index contributed by atoms with van der Waals surface area (Å²) in [6, 6.07) is 0. The number of ether oxygens (including phenoxy) is 2. The molecular weight excluding hydrogens is 232 g/mol. The van der Waals surface area contributed by atoms with Gasteiger partial charge in [0.05, 0.1) is 11.7 Å². The van der Waals surface area contributed by atoms with Crippen LogP contribution in [-0.4, -0.2) is 68.2 Å². The lowest BCUT2D eigenvalue weighted by Gasteiger charge is -2.35. The summed E-state index contributed by atoms with van der Waals surface area (Å²) in [6.07, 6.45) is 2.49. The summed E-state index contributed by atoms with van der Waals surface area (Å²) in [5.74, 6) is 0. The van der Waals surface area contributed by atoms with Crippen LogP contribution in [0.25, 0.3) is 0 Å². The number of nitrogens with two attached hydrogens (primary N) is 1. The topological polar surface area (TPSA) is 68.0 Å². The van der Waals surface area contributed by atoms with Gasteiger partial charge in [0.1, 0.15) is 0 Å². The normalized spacial score (nSPS) is 21.2. The molecule has 18 heavy (non-hydrogen) atoms. The highest BCUT2D eigenvalue weighted by Crippen LogP contribution is 2.21. The monoisotopic (exact) mass is 260 g/mol. The van der Waals surface area contributed by atoms with Crippen molar-refractivity contribution < 1.29 is 14.6 Å². The first-order valence-electron chi connectivity index (χ1n) is 6.90. The number of hydrogen-bond acceptors (Lipinski definition) is 5. The zero-order chi connectivity index (χ0) is 13.4. The van der Waals surface area contributed by atoms with Crippen LogP contribution >= 0.6 is 0 Å². The van der Waals surface area contributed by atoms with Crippen LogP contribution in [0.4, 0.5) is 0 Å². The van der Waals surface area contributed by atoms with Gasteiger partial charge in [0, 0.05) is 52.3 Å². The molecule has 0 spiro atoms. The third-order valence-electron chi connectivity index (χ3n) is 3.49. The molecule has 0 amide bonds. The van der Waals surface area contributed by atoms with Crippen molar-refractivity contribution in [2.24, 2.45) is 5.73 Å². The molecular formula is C13H28N2O3. The van der Waals surface area contributed by atoms with E-state index < -0.39 is 5.60 Å². The Bertz CT molecular complexity index is 220. The molecule has 0 bridgehead atoms. The Morgan fingerprint density at radius 3 is 2.67 bits per heavy atom. The second kappa shape index (κ2) is 8.07. The minimum absolute atomic E-state index is 0.127. The Labute approximate surface area is 110 Å². The average molecular weight is 260 g/mol. The van der Waals surface area contributed by atoms with Crippen LogP contribution in [0.2, 0.25) is 0 Å². The summed E-state index contributed by atoms with van der Waals surface area (Å²) in [7, 11) is 2.03. The molecule has 1 heterocycles. The van der Waals surface area contributed by atoms with Gasteiger partial charge in [0.15, 0.2) is 0 Å². The first-order chi connectivity index (χ1) is 8.59. The summed E-state index contributed by atoms with van der Waals surface area (Å²) >= 11 is 0. The van der Waals surface area contributed by atoms with Crippen LogP contribution in [-0.2, 0) is 9.47 Å². The highest BCUT2D eigenvalue weighted by molar-refractivity contribution is 4.84. The predicted molar refractivity (Wildman–Crippen MR) is 71.6 cm³/mol. The van der Waals surface area contributed by atoms with Crippen molar-refractivity contribution >= 4 is 0 Å². The lowest BCUT2D eigenvalue weighted by atomic mass is 9.94. The van der Waals surface area contributed by atoms with Crippen LogP contribution in [0.3, 0.4) is 0 Å². The van der Waals surface area contributed by atoms with E-state index in [4.69, 9.17) is 15.2 Å². The SMILES string of the molecule is CCOC(CN)CCN(C)CC1(O)CCOCC1. The fourth-order valence-corrected chi connectivity index (χ4v) is 2.36. The third-order valence-corrected chi connectivity index (χ3v) is 3.49. The second-order valence-electron chi connectivity index (χ2n) is 5.18. The zero-order valence-electron chi connectivity index (χ0n) is 11.7. The Hall–Kier alpha value is -0.200. The first kappa shape index (κ1) is 15.9. The van der Waals surface area contributed by atoms with Gasteiger partial charge in [-0.2, -0.15) is 0 Å². The van der Waals surface area contributed by atoms with Crippen LogP contribution in [0.15, 0.2) is 0 Å². The smallest absolute Gasteiger partial charge is 0.0817 e. The number of aliphatic hydroxyl groups is 1. The molecule has 0 aliphatic carbocycles. The molecule has 1 saturated heterocycles. The third kappa shape index (κ3) is 5.63. The summed E-state index contributed by atoms with van der Waals surface area (Å²) < 4.78 is 10.8. The molecule has 0 radical (unpaired) electrons. The maximum absolute atomic E-state index is 10.4. The molecule has 108 valence electrons. The van der Waals surface area contributed by atoms with Crippen molar-refractivity contribution in [1.29, 1.82) is 0 Å². The molecule has 0 aromatic carbocycles. The van der Waals surface area contributed by atoms with Gasteiger partial charge in [-0.1, -0.05) is 0 Å². The Kier molecular flexibility index (Phi) is 7.11. The fraction of sp³-hybridized carbons (Fsp3) is 1.00. The molecule has 1 aliphatic heterocycles. The fourth-order valence-electron chi connectivity index (χ4n) is 2.36. The van der Waals surface area contributed by atoms with Crippen molar-refractivity contribution in [3.8, 4) is 0 Å². The average Bonchev–Trinajstić information content (AvgIpc) is 2.34. The lowest BCUT2D eigenvalue weighted by molar-refractivity contribution is -0.0780. The molecule has 1 rings (SSSR count). The highest BCUT2D eigenvalue weighted by Gasteiger charge is 2.30. The summed E-state index contributed by atoms with van der Waals surface area (Å²) in [5.41, 5.74) is 5.06. The Morgan fingerprint density at radius 2 is 2.11 bits per heavy atom. The van der Waals surface area contributed by atoms with Crippen LogP contribution < -0.4 is 5.73 Å². The molecule has 0 aromatic heterocycles. The minimum Gasteiger partial charge on any atom is -0.388 e. The number of likely N-dealkylation sites (N-methyl/N-ethyl adjacent to an activating group) is 1. The molecule has 1 fully saturated rings. The van der Waals surface area contributed by atoms with Gasteiger partial charge in [-0.25, -0.2) is 0 Å². The maximum atomic E-state index is 10.4. The van der Waals surface area contributed by atoms with Gasteiger partial charge in [-0.3, -0.25) is 0 Å². The standard InChI is InChI=1S/C13H28N2O3/c1-3-18-12(10-14)4-7-15(2)11-13(16)5-8-17-9-6-13/h12,16H,3-11,14H2,1-2H3. The van der Waals surface area contributed by atoms with Crippen molar-refractivity contribution in [3.05, 3.63) is 0 Å². The Morgan fingerprint density at radius 1 is 1.44 bits per heavy atom. The predicted octanol–water partition coefficient (Wildman–Crippen LogP) is 0.214. The molecule has 3 N–H and O–H groups in total. The number of hydrogen-bond donors (Lipinski definition) is 2. The van der Waals surface area contributed by atoms with Crippen LogP contribution in [0, 0.1) is 0 Å². The van der Waals surface area contributed by atoms with Crippen LogP contribution in [0.1, 0.15) is 26.2 Å². The summed E-state index contributed by atoms with van der Waals surface area (Å²) in [4.78, 5) is 2.16. The molecule has 5 nitrogen and oxygen atoms in total. The molecule has 1 aliphatic rings. The van der Waals surface area contributed by atoms with Gasteiger partial charge >= 0.3 is 0 Å². The van der Waals surface area contributed by atoms with Gasteiger partial charge in [0.25, 0.3) is 0 Å². The highest BCUT2D eigenvalue weighted by atomic mass is 16.5. The van der Waals surface area contributed by atoms with E-state index >= 15 is 0 Å². The summed E-state index contributed by atoms with van der Waals surface area (Å²) in [6.45, 7) is 6.15. The summed E-state index contributed by atoms with van der Waals surface area (Å²) in [5, 5.41) is 10.4. The molecule has 0 saturated carbocycles. The lowest BCUT2D eigenvalue weighted by Crippen LogP contribution is -2.46. The van der Waals surface area contributed by atoms with Crippen molar-refractivity contribution in [2.45, 2.75) is 37.9 Å². The van der Waals surface area contributed by atoms with Crippen molar-refractivity contribution in [1.82, 2.24) is 4.90 Å². The number of rotatable bonds is 8. The first-order valence-corrected chi connectivity index (χ1v) is 6.90. The van der Waals surface area contributed by atoms with E-state index in [1.54, 1.807) is 0 Å². The molecule has 0 aromatic rings. The van der Waals surface area contributed by atoms with E-state index in [2.05, 4.69) is 4.90 Å².